The molecule has 1 N–H and O–H groups in total. The van der Waals surface area contributed by atoms with Crippen LogP contribution < -0.4 is 5.32 Å². The molecular weight excluding hydrogens is 254 g/mol. The molecule has 2 aliphatic rings. The number of cyclic esters (lactones) is 1. The fraction of sp³-hybridized carbons (Fsp3) is 0.636. The van der Waals surface area contributed by atoms with Crippen molar-refractivity contribution in [2.75, 3.05) is 32.8 Å². The number of ether oxygens (including phenoxy) is 1. The van der Waals surface area contributed by atoms with Crippen LogP contribution in [0.5, 0.6) is 0 Å². The summed E-state index contributed by atoms with van der Waals surface area (Å²) in [7, 11) is 0. The Morgan fingerprint density at radius 3 is 2.58 bits per heavy atom. The van der Waals surface area contributed by atoms with Gasteiger partial charge >= 0.3 is 6.09 Å². The molecule has 0 saturated carbocycles. The van der Waals surface area contributed by atoms with Crippen molar-refractivity contribution in [3.63, 3.8) is 0 Å². The predicted molar refractivity (Wildman–Crippen MR) is 61.8 cm³/mol. The Morgan fingerprint density at radius 2 is 2.05 bits per heavy atom. The van der Waals surface area contributed by atoms with Gasteiger partial charge in [0.1, 0.15) is 0 Å². The second-order valence-corrected chi connectivity index (χ2v) is 4.63. The number of amides is 4. The summed E-state index contributed by atoms with van der Waals surface area (Å²) < 4.78 is 4.60. The molecule has 0 aromatic heterocycles. The minimum absolute atomic E-state index is 0.0211. The summed E-state index contributed by atoms with van der Waals surface area (Å²) >= 11 is 0. The van der Waals surface area contributed by atoms with Gasteiger partial charge in [0, 0.05) is 32.5 Å². The first-order valence-electron chi connectivity index (χ1n) is 5.96. The Hall–Kier alpha value is -2.12. The van der Waals surface area contributed by atoms with Crippen LogP contribution in [0, 0.1) is 5.92 Å². The molecule has 2 fully saturated rings. The number of imide groups is 1. The van der Waals surface area contributed by atoms with Gasteiger partial charge < -0.3 is 15.0 Å². The van der Waals surface area contributed by atoms with E-state index in [1.165, 1.54) is 6.92 Å². The summed E-state index contributed by atoms with van der Waals surface area (Å²) in [6, 6.07) is 0. The van der Waals surface area contributed by atoms with Gasteiger partial charge in [-0.25, -0.2) is 9.69 Å². The molecule has 4 amide bonds. The van der Waals surface area contributed by atoms with E-state index in [1.807, 2.05) is 0 Å². The van der Waals surface area contributed by atoms with Crippen LogP contribution >= 0.6 is 0 Å². The lowest BCUT2D eigenvalue weighted by atomic mass is 9.99. The summed E-state index contributed by atoms with van der Waals surface area (Å²) in [6.45, 7) is 2.37. The highest BCUT2D eigenvalue weighted by Crippen LogP contribution is 2.19. The Balaban J connectivity index is 1.71. The Bertz CT molecular complexity index is 414. The van der Waals surface area contributed by atoms with Crippen LogP contribution in [0.1, 0.15) is 6.92 Å². The lowest BCUT2D eigenvalue weighted by molar-refractivity contribution is -0.138. The Morgan fingerprint density at radius 1 is 1.37 bits per heavy atom. The molecule has 8 nitrogen and oxygen atoms in total. The van der Waals surface area contributed by atoms with Crippen molar-refractivity contribution >= 4 is 23.8 Å². The topological polar surface area (TPSA) is 96.0 Å². The summed E-state index contributed by atoms with van der Waals surface area (Å²) in [5.74, 6) is -0.679. The zero-order chi connectivity index (χ0) is 14.0. The van der Waals surface area contributed by atoms with Crippen LogP contribution in [0.3, 0.4) is 0 Å². The first-order valence-corrected chi connectivity index (χ1v) is 5.96. The summed E-state index contributed by atoms with van der Waals surface area (Å²) in [4.78, 5) is 47.4. The lowest BCUT2D eigenvalue weighted by Gasteiger charge is -2.40. The van der Waals surface area contributed by atoms with Crippen LogP contribution in [0.4, 0.5) is 4.79 Å². The van der Waals surface area contributed by atoms with Gasteiger partial charge in [-0.3, -0.25) is 14.4 Å². The number of nitrogens with zero attached hydrogens (tertiary/aromatic N) is 2. The number of carbonyl (C=O) groups is 4. The number of likely N-dealkylation sites (tertiary alicyclic amines) is 1. The highest BCUT2D eigenvalue weighted by atomic mass is 16.6. The van der Waals surface area contributed by atoms with E-state index in [0.717, 1.165) is 4.90 Å². The molecule has 2 rings (SSSR count). The van der Waals surface area contributed by atoms with E-state index < -0.39 is 6.09 Å². The fourth-order valence-electron chi connectivity index (χ4n) is 2.02. The molecule has 0 bridgehead atoms. The second kappa shape index (κ2) is 5.25. The first kappa shape index (κ1) is 13.3. The normalized spacial score (nSPS) is 19.2. The van der Waals surface area contributed by atoms with Crippen LogP contribution in [0.2, 0.25) is 0 Å². The Labute approximate surface area is 109 Å². The maximum atomic E-state index is 11.6. The van der Waals surface area contributed by atoms with Crippen molar-refractivity contribution in [3.05, 3.63) is 0 Å². The molecule has 8 heteroatoms. The standard InChI is InChI=1S/C11H15N3O5/c1-7(15)12-2-9(16)13-3-8(4-13)5-14-10(17)6-19-11(14)18/h8H,2-6H2,1H3,(H,12,15). The minimum Gasteiger partial charge on any atom is -0.439 e. The number of rotatable bonds is 4. The van der Waals surface area contributed by atoms with Gasteiger partial charge in [-0.15, -0.1) is 0 Å². The molecule has 104 valence electrons. The van der Waals surface area contributed by atoms with Crippen molar-refractivity contribution in [1.82, 2.24) is 15.1 Å². The number of nitrogens with one attached hydrogen (secondary N) is 1. The van der Waals surface area contributed by atoms with Gasteiger partial charge in [0.05, 0.1) is 6.54 Å². The van der Waals surface area contributed by atoms with E-state index in [2.05, 4.69) is 10.1 Å². The van der Waals surface area contributed by atoms with E-state index in [1.54, 1.807) is 4.90 Å². The van der Waals surface area contributed by atoms with Crippen molar-refractivity contribution in [2.45, 2.75) is 6.92 Å². The summed E-state index contributed by atoms with van der Waals surface area (Å²) in [6.07, 6.45) is -0.618. The second-order valence-electron chi connectivity index (χ2n) is 4.63. The van der Waals surface area contributed by atoms with Crippen LogP contribution in [-0.4, -0.2) is 66.4 Å². The van der Waals surface area contributed by atoms with E-state index >= 15 is 0 Å². The predicted octanol–water partition coefficient (Wildman–Crippen LogP) is -1.44. The fourth-order valence-corrected chi connectivity index (χ4v) is 2.02. The number of hydrogen-bond acceptors (Lipinski definition) is 5. The molecule has 0 atom stereocenters. The third-order valence-corrected chi connectivity index (χ3v) is 3.08. The molecule has 0 unspecified atom stereocenters. The molecule has 0 aromatic rings. The van der Waals surface area contributed by atoms with Crippen molar-refractivity contribution < 1.29 is 23.9 Å². The SMILES string of the molecule is CC(=O)NCC(=O)N1CC(CN2C(=O)COC2=O)C1. The van der Waals surface area contributed by atoms with Crippen molar-refractivity contribution in [3.8, 4) is 0 Å². The van der Waals surface area contributed by atoms with E-state index in [9.17, 15) is 19.2 Å². The average molecular weight is 269 g/mol. The molecule has 2 saturated heterocycles. The number of carbonyl (C=O) groups excluding carboxylic acids is 4. The van der Waals surface area contributed by atoms with Gasteiger partial charge in [0.25, 0.3) is 5.91 Å². The van der Waals surface area contributed by atoms with Crippen molar-refractivity contribution in [2.24, 2.45) is 5.92 Å². The highest BCUT2D eigenvalue weighted by Gasteiger charge is 2.38. The van der Waals surface area contributed by atoms with Gasteiger partial charge in [0.2, 0.25) is 11.8 Å². The Kier molecular flexibility index (Phi) is 3.68. The first-order chi connectivity index (χ1) is 8.97. The molecule has 0 spiro atoms. The van der Waals surface area contributed by atoms with Gasteiger partial charge in [0.15, 0.2) is 6.61 Å². The molecule has 0 aliphatic carbocycles. The maximum absolute atomic E-state index is 11.6. The minimum atomic E-state index is -0.618. The summed E-state index contributed by atoms with van der Waals surface area (Å²) in [5.41, 5.74) is 0. The molecular formula is C11H15N3O5. The molecule has 19 heavy (non-hydrogen) atoms. The van der Waals surface area contributed by atoms with E-state index in [-0.39, 0.29) is 43.3 Å². The van der Waals surface area contributed by atoms with Gasteiger partial charge in [-0.05, 0) is 0 Å². The monoisotopic (exact) mass is 269 g/mol. The molecule has 0 radical (unpaired) electrons. The van der Waals surface area contributed by atoms with Gasteiger partial charge in [-0.2, -0.15) is 0 Å². The van der Waals surface area contributed by atoms with Crippen LogP contribution in [0.25, 0.3) is 0 Å². The molecule has 0 aromatic carbocycles. The van der Waals surface area contributed by atoms with E-state index in [4.69, 9.17) is 0 Å². The lowest BCUT2D eigenvalue weighted by Crippen LogP contribution is -2.56. The smallest absolute Gasteiger partial charge is 0.417 e. The molecule has 2 aliphatic heterocycles. The van der Waals surface area contributed by atoms with Crippen LogP contribution in [-0.2, 0) is 19.1 Å². The highest BCUT2D eigenvalue weighted by molar-refractivity contribution is 5.97. The third kappa shape index (κ3) is 3.01. The maximum Gasteiger partial charge on any atom is 0.417 e. The largest absolute Gasteiger partial charge is 0.439 e. The van der Waals surface area contributed by atoms with Crippen molar-refractivity contribution in [1.29, 1.82) is 0 Å². The third-order valence-electron chi connectivity index (χ3n) is 3.08. The number of hydrogen-bond donors (Lipinski definition) is 1. The molecule has 2 heterocycles. The van der Waals surface area contributed by atoms with Crippen LogP contribution in [0.15, 0.2) is 0 Å². The average Bonchev–Trinajstić information content (AvgIpc) is 2.60. The van der Waals surface area contributed by atoms with Gasteiger partial charge in [-0.1, -0.05) is 0 Å². The summed E-state index contributed by atoms with van der Waals surface area (Å²) in [5, 5.41) is 2.43. The zero-order valence-corrected chi connectivity index (χ0v) is 10.5. The quantitative estimate of drug-likeness (QED) is 0.674. The van der Waals surface area contributed by atoms with E-state index in [0.29, 0.717) is 13.1 Å². The zero-order valence-electron chi connectivity index (χ0n) is 10.5.